The van der Waals surface area contributed by atoms with E-state index in [0.717, 1.165) is 31.1 Å². The fourth-order valence-corrected chi connectivity index (χ4v) is 2.46. The number of ketones is 1. The number of hydrogen-bond donors (Lipinski definition) is 0. The summed E-state index contributed by atoms with van der Waals surface area (Å²) in [6.07, 6.45) is 6.77. The summed E-state index contributed by atoms with van der Waals surface area (Å²) in [7, 11) is 0. The van der Waals surface area contributed by atoms with Gasteiger partial charge in [-0.05, 0) is 32.3 Å². The van der Waals surface area contributed by atoms with Gasteiger partial charge in [0.2, 0.25) is 0 Å². The van der Waals surface area contributed by atoms with Gasteiger partial charge in [-0.2, -0.15) is 0 Å². The number of rotatable bonds is 19. The lowest BCUT2D eigenvalue weighted by atomic mass is 9.85. The fourth-order valence-electron chi connectivity index (χ4n) is 2.46. The summed E-state index contributed by atoms with van der Waals surface area (Å²) in [6, 6.07) is 0. The molecular weight excluding hydrogens is 480 g/mol. The summed E-state index contributed by atoms with van der Waals surface area (Å²) < 4.78 is 26.3. The molecule has 0 aromatic rings. The standard InChI is InChI=1S/C28H46O9/c1-9-27(6,7)22(29)12-13-23(30)34-18-16-33-17-19-35-24(31)14-15-25(32)36-20-26(4,5)21-37-28(8,10-2)11-3/h12-15H,9-11,16-21H2,1-8H3/b13-12+,15-14+. The minimum absolute atomic E-state index is 0.00819. The van der Waals surface area contributed by atoms with Gasteiger partial charge in [0.1, 0.15) is 13.2 Å². The van der Waals surface area contributed by atoms with Gasteiger partial charge in [-0.15, -0.1) is 0 Å². The Kier molecular flexibility index (Phi) is 15.9. The molecule has 0 radical (unpaired) electrons. The van der Waals surface area contributed by atoms with Crippen LogP contribution >= 0.6 is 0 Å². The van der Waals surface area contributed by atoms with E-state index in [0.29, 0.717) is 13.0 Å². The molecule has 0 rings (SSSR count). The minimum atomic E-state index is -0.707. The molecule has 0 aliphatic heterocycles. The molecule has 0 aromatic heterocycles. The van der Waals surface area contributed by atoms with E-state index in [1.54, 1.807) is 13.8 Å². The van der Waals surface area contributed by atoms with Crippen molar-refractivity contribution in [3.8, 4) is 0 Å². The third kappa shape index (κ3) is 16.0. The van der Waals surface area contributed by atoms with Crippen LogP contribution in [0.25, 0.3) is 0 Å². The smallest absolute Gasteiger partial charge is 0.331 e. The molecule has 0 saturated heterocycles. The third-order valence-corrected chi connectivity index (χ3v) is 6.13. The molecule has 0 aromatic carbocycles. The molecule has 0 unspecified atom stereocenters. The zero-order valence-electron chi connectivity index (χ0n) is 23.8. The van der Waals surface area contributed by atoms with E-state index in [1.165, 1.54) is 6.08 Å². The van der Waals surface area contributed by atoms with E-state index >= 15 is 0 Å². The summed E-state index contributed by atoms with van der Waals surface area (Å²) in [4.78, 5) is 47.2. The topological polar surface area (TPSA) is 114 Å². The average Bonchev–Trinajstić information content (AvgIpc) is 2.87. The van der Waals surface area contributed by atoms with E-state index in [2.05, 4.69) is 20.8 Å². The van der Waals surface area contributed by atoms with Crippen molar-refractivity contribution in [2.45, 2.75) is 80.3 Å². The van der Waals surface area contributed by atoms with Gasteiger partial charge in [0.25, 0.3) is 0 Å². The van der Waals surface area contributed by atoms with E-state index in [9.17, 15) is 19.2 Å². The Morgan fingerprint density at radius 2 is 1.05 bits per heavy atom. The molecule has 9 heteroatoms. The summed E-state index contributed by atoms with van der Waals surface area (Å²) in [5.74, 6) is -2.14. The van der Waals surface area contributed by atoms with Crippen LogP contribution in [0.15, 0.2) is 24.3 Å². The Morgan fingerprint density at radius 1 is 0.595 bits per heavy atom. The molecule has 0 aliphatic carbocycles. The lowest BCUT2D eigenvalue weighted by Gasteiger charge is -2.32. The zero-order chi connectivity index (χ0) is 28.5. The highest BCUT2D eigenvalue weighted by Crippen LogP contribution is 2.25. The molecule has 0 bridgehead atoms. The minimum Gasteiger partial charge on any atom is -0.462 e. The highest BCUT2D eigenvalue weighted by atomic mass is 16.6. The van der Waals surface area contributed by atoms with Crippen LogP contribution in [0.2, 0.25) is 0 Å². The predicted octanol–water partition coefficient (Wildman–Crippen LogP) is 4.37. The SMILES string of the molecule is CCC(C)(CC)OCC(C)(C)COC(=O)/C=C/C(=O)OCCOCCOC(=O)/C=C/C(=O)C(C)(C)CC. The summed E-state index contributed by atoms with van der Waals surface area (Å²) in [6.45, 7) is 16.3. The van der Waals surface area contributed by atoms with Gasteiger partial charge in [0.05, 0.1) is 32.0 Å². The second-order valence-corrected chi connectivity index (χ2v) is 10.4. The number of allylic oxidation sites excluding steroid dienone is 1. The Hall–Kier alpha value is -2.52. The first-order valence-corrected chi connectivity index (χ1v) is 12.8. The number of esters is 3. The fraction of sp³-hybridized carbons (Fsp3) is 0.714. The highest BCUT2D eigenvalue weighted by molar-refractivity contribution is 5.98. The molecule has 0 N–H and O–H groups in total. The zero-order valence-corrected chi connectivity index (χ0v) is 23.8. The van der Waals surface area contributed by atoms with Gasteiger partial charge >= 0.3 is 17.9 Å². The quantitative estimate of drug-likeness (QED) is 0.105. The van der Waals surface area contributed by atoms with Crippen molar-refractivity contribution in [1.82, 2.24) is 0 Å². The van der Waals surface area contributed by atoms with Crippen molar-refractivity contribution < 1.29 is 42.9 Å². The molecule has 0 saturated carbocycles. The number of carbonyl (C=O) groups is 4. The van der Waals surface area contributed by atoms with Crippen LogP contribution in [-0.4, -0.2) is 68.9 Å². The molecule has 0 amide bonds. The van der Waals surface area contributed by atoms with Crippen LogP contribution in [0, 0.1) is 10.8 Å². The van der Waals surface area contributed by atoms with Crippen molar-refractivity contribution in [3.05, 3.63) is 24.3 Å². The number of ether oxygens (including phenoxy) is 5. The highest BCUT2D eigenvalue weighted by Gasteiger charge is 2.27. The normalized spacial score (nSPS) is 12.6. The van der Waals surface area contributed by atoms with Crippen molar-refractivity contribution in [2.75, 3.05) is 39.6 Å². The second kappa shape index (κ2) is 17.1. The maximum Gasteiger partial charge on any atom is 0.331 e. The van der Waals surface area contributed by atoms with Crippen LogP contribution in [0.3, 0.4) is 0 Å². The van der Waals surface area contributed by atoms with Crippen LogP contribution < -0.4 is 0 Å². The first-order chi connectivity index (χ1) is 17.2. The van der Waals surface area contributed by atoms with Gasteiger partial charge in [-0.3, -0.25) is 4.79 Å². The Labute approximate surface area is 221 Å². The lowest BCUT2D eigenvalue weighted by molar-refractivity contribution is -0.145. The van der Waals surface area contributed by atoms with E-state index in [4.69, 9.17) is 23.7 Å². The van der Waals surface area contributed by atoms with Crippen molar-refractivity contribution in [2.24, 2.45) is 10.8 Å². The average molecular weight is 527 g/mol. The monoisotopic (exact) mass is 526 g/mol. The molecule has 0 atom stereocenters. The summed E-state index contributed by atoms with van der Waals surface area (Å²) >= 11 is 0. The van der Waals surface area contributed by atoms with E-state index in [1.807, 2.05) is 20.8 Å². The van der Waals surface area contributed by atoms with Crippen LogP contribution in [0.5, 0.6) is 0 Å². The van der Waals surface area contributed by atoms with Gasteiger partial charge in [-0.25, -0.2) is 14.4 Å². The van der Waals surface area contributed by atoms with E-state index in [-0.39, 0.29) is 49.8 Å². The van der Waals surface area contributed by atoms with Gasteiger partial charge in [-0.1, -0.05) is 48.5 Å². The maximum absolute atomic E-state index is 11.9. The molecule has 212 valence electrons. The van der Waals surface area contributed by atoms with Crippen LogP contribution in [0.4, 0.5) is 0 Å². The van der Waals surface area contributed by atoms with Gasteiger partial charge in [0.15, 0.2) is 5.78 Å². The Bertz CT molecular complexity index is 789. The van der Waals surface area contributed by atoms with Crippen LogP contribution in [-0.2, 0) is 42.9 Å². The summed E-state index contributed by atoms with van der Waals surface area (Å²) in [5.41, 5.74) is -1.10. The number of carbonyl (C=O) groups excluding carboxylic acids is 4. The number of hydrogen-bond acceptors (Lipinski definition) is 9. The lowest BCUT2D eigenvalue weighted by Crippen LogP contribution is -2.34. The predicted molar refractivity (Wildman–Crippen MR) is 140 cm³/mol. The molecule has 0 fully saturated rings. The summed E-state index contributed by atoms with van der Waals surface area (Å²) in [5, 5.41) is 0. The third-order valence-electron chi connectivity index (χ3n) is 6.13. The first-order valence-electron chi connectivity index (χ1n) is 12.8. The first kappa shape index (κ1) is 34.5. The van der Waals surface area contributed by atoms with Crippen molar-refractivity contribution in [1.29, 1.82) is 0 Å². The molecule has 0 heterocycles. The van der Waals surface area contributed by atoms with Crippen molar-refractivity contribution in [3.63, 3.8) is 0 Å². The molecule has 37 heavy (non-hydrogen) atoms. The molecule has 9 nitrogen and oxygen atoms in total. The largest absolute Gasteiger partial charge is 0.462 e. The second-order valence-electron chi connectivity index (χ2n) is 10.4. The van der Waals surface area contributed by atoms with Gasteiger partial charge < -0.3 is 23.7 Å². The molecule has 0 spiro atoms. The Morgan fingerprint density at radius 3 is 1.51 bits per heavy atom. The van der Waals surface area contributed by atoms with Gasteiger partial charge in [0, 0.05) is 29.1 Å². The van der Waals surface area contributed by atoms with Crippen molar-refractivity contribution >= 4 is 23.7 Å². The maximum atomic E-state index is 11.9. The Balaban J connectivity index is 4.06. The molecule has 0 aliphatic rings. The van der Waals surface area contributed by atoms with Crippen LogP contribution in [0.1, 0.15) is 74.7 Å². The van der Waals surface area contributed by atoms with E-state index < -0.39 is 23.3 Å². The molecular formula is C28H46O9.